The normalized spacial score (nSPS) is 12.2. The molecule has 7 heteroatoms. The van der Waals surface area contributed by atoms with Crippen molar-refractivity contribution in [3.63, 3.8) is 0 Å². The predicted octanol–water partition coefficient (Wildman–Crippen LogP) is 4.95. The molecule has 0 radical (unpaired) electrons. The van der Waals surface area contributed by atoms with Crippen molar-refractivity contribution in [2.45, 2.75) is 33.2 Å². The van der Waals surface area contributed by atoms with E-state index in [4.69, 9.17) is 9.47 Å². The SMILES string of the molecule is COc1cc2ncnc(Nc3ccc(/C=C/C(=O)NC(C)CC(C)C)cc3)c2cc1OC. The summed E-state index contributed by atoms with van der Waals surface area (Å²) in [6, 6.07) is 11.6. The van der Waals surface area contributed by atoms with Crippen molar-refractivity contribution >= 4 is 34.4 Å². The van der Waals surface area contributed by atoms with Crippen molar-refractivity contribution in [3.05, 3.63) is 54.4 Å². The van der Waals surface area contributed by atoms with Crippen LogP contribution in [0.1, 0.15) is 32.8 Å². The Labute approximate surface area is 188 Å². The number of amides is 1. The summed E-state index contributed by atoms with van der Waals surface area (Å²) in [6.07, 6.45) is 5.83. The first-order valence-electron chi connectivity index (χ1n) is 10.6. The van der Waals surface area contributed by atoms with Crippen LogP contribution in [-0.2, 0) is 4.79 Å². The minimum Gasteiger partial charge on any atom is -0.493 e. The third kappa shape index (κ3) is 5.97. The summed E-state index contributed by atoms with van der Waals surface area (Å²) < 4.78 is 10.8. The number of hydrogen-bond acceptors (Lipinski definition) is 6. The second-order valence-corrected chi connectivity index (χ2v) is 8.07. The molecule has 168 valence electrons. The molecule has 0 spiro atoms. The van der Waals surface area contributed by atoms with E-state index in [0.717, 1.165) is 28.6 Å². The first-order valence-corrected chi connectivity index (χ1v) is 10.6. The molecule has 0 aliphatic heterocycles. The third-order valence-electron chi connectivity index (χ3n) is 4.95. The molecule has 0 aliphatic carbocycles. The summed E-state index contributed by atoms with van der Waals surface area (Å²) in [6.45, 7) is 6.31. The molecule has 0 saturated carbocycles. The van der Waals surface area contributed by atoms with E-state index in [0.29, 0.717) is 23.2 Å². The van der Waals surface area contributed by atoms with Crippen molar-refractivity contribution in [2.75, 3.05) is 19.5 Å². The maximum atomic E-state index is 12.1. The molecule has 0 bridgehead atoms. The molecule has 3 rings (SSSR count). The summed E-state index contributed by atoms with van der Waals surface area (Å²) in [7, 11) is 3.19. The van der Waals surface area contributed by atoms with Gasteiger partial charge in [-0.3, -0.25) is 4.79 Å². The number of carbonyl (C=O) groups excluding carboxylic acids is 1. The zero-order chi connectivity index (χ0) is 23.1. The van der Waals surface area contributed by atoms with Gasteiger partial charge in [-0.2, -0.15) is 0 Å². The van der Waals surface area contributed by atoms with Gasteiger partial charge in [0.05, 0.1) is 19.7 Å². The van der Waals surface area contributed by atoms with Gasteiger partial charge in [-0.25, -0.2) is 9.97 Å². The van der Waals surface area contributed by atoms with Crippen molar-refractivity contribution in [1.82, 2.24) is 15.3 Å². The molecular weight excluding hydrogens is 404 g/mol. The molecule has 1 heterocycles. The van der Waals surface area contributed by atoms with Gasteiger partial charge in [0.25, 0.3) is 0 Å². The van der Waals surface area contributed by atoms with Crippen molar-refractivity contribution < 1.29 is 14.3 Å². The first-order chi connectivity index (χ1) is 15.4. The summed E-state index contributed by atoms with van der Waals surface area (Å²) >= 11 is 0. The van der Waals surface area contributed by atoms with Gasteiger partial charge in [-0.1, -0.05) is 26.0 Å². The minimum atomic E-state index is -0.0859. The number of benzene rings is 2. The highest BCUT2D eigenvalue weighted by Gasteiger charge is 2.11. The molecule has 1 aromatic heterocycles. The Morgan fingerprint density at radius 3 is 2.38 bits per heavy atom. The molecule has 7 nitrogen and oxygen atoms in total. The summed E-state index contributed by atoms with van der Waals surface area (Å²) in [5.41, 5.74) is 2.55. The molecule has 1 amide bonds. The molecule has 0 aliphatic rings. The van der Waals surface area contributed by atoms with Crippen LogP contribution < -0.4 is 20.1 Å². The fraction of sp³-hybridized carbons (Fsp3) is 0.320. The monoisotopic (exact) mass is 434 g/mol. The quantitative estimate of drug-likeness (QED) is 0.463. The number of nitrogens with one attached hydrogen (secondary N) is 2. The lowest BCUT2D eigenvalue weighted by molar-refractivity contribution is -0.117. The number of carbonyl (C=O) groups is 1. The van der Waals surface area contributed by atoms with Gasteiger partial charge in [0, 0.05) is 29.3 Å². The van der Waals surface area contributed by atoms with Crippen LogP contribution in [0.25, 0.3) is 17.0 Å². The van der Waals surface area contributed by atoms with Crippen LogP contribution in [0.3, 0.4) is 0 Å². The highest BCUT2D eigenvalue weighted by atomic mass is 16.5. The maximum Gasteiger partial charge on any atom is 0.244 e. The van der Waals surface area contributed by atoms with Gasteiger partial charge in [0.1, 0.15) is 12.1 Å². The molecule has 1 atom stereocenters. The van der Waals surface area contributed by atoms with E-state index in [-0.39, 0.29) is 11.9 Å². The minimum absolute atomic E-state index is 0.0859. The zero-order valence-electron chi connectivity index (χ0n) is 19.2. The van der Waals surface area contributed by atoms with Crippen molar-refractivity contribution in [3.8, 4) is 11.5 Å². The Morgan fingerprint density at radius 2 is 1.72 bits per heavy atom. The molecule has 3 aromatic rings. The van der Waals surface area contributed by atoms with Crippen LogP contribution in [-0.4, -0.2) is 36.1 Å². The van der Waals surface area contributed by atoms with Gasteiger partial charge in [-0.05, 0) is 49.1 Å². The molecule has 1 unspecified atom stereocenters. The predicted molar refractivity (Wildman–Crippen MR) is 128 cm³/mol. The number of hydrogen-bond donors (Lipinski definition) is 2. The van der Waals surface area contributed by atoms with Gasteiger partial charge >= 0.3 is 0 Å². The van der Waals surface area contributed by atoms with E-state index >= 15 is 0 Å². The van der Waals surface area contributed by atoms with E-state index in [2.05, 4.69) is 34.4 Å². The summed E-state index contributed by atoms with van der Waals surface area (Å²) in [4.78, 5) is 20.8. The number of ether oxygens (including phenoxy) is 2. The first kappa shape index (κ1) is 23.1. The van der Waals surface area contributed by atoms with E-state index in [1.807, 2.05) is 43.3 Å². The van der Waals surface area contributed by atoms with E-state index < -0.39 is 0 Å². The van der Waals surface area contributed by atoms with Crippen LogP contribution in [0.2, 0.25) is 0 Å². The van der Waals surface area contributed by atoms with Crippen LogP contribution in [0.15, 0.2) is 48.8 Å². The molecule has 2 N–H and O–H groups in total. The Bertz CT molecular complexity index is 1090. The largest absolute Gasteiger partial charge is 0.493 e. The molecule has 2 aromatic carbocycles. The van der Waals surface area contributed by atoms with Gasteiger partial charge < -0.3 is 20.1 Å². The van der Waals surface area contributed by atoms with Gasteiger partial charge in [0.15, 0.2) is 11.5 Å². The van der Waals surface area contributed by atoms with E-state index in [9.17, 15) is 4.79 Å². The lowest BCUT2D eigenvalue weighted by Gasteiger charge is -2.14. The number of fused-ring (bicyclic) bond motifs is 1. The standard InChI is InChI=1S/C25H30N4O3/c1-16(2)12-17(3)28-24(30)11-8-18-6-9-19(10-7-18)29-25-20-13-22(31-4)23(32-5)14-21(20)26-15-27-25/h6-11,13-17H,12H2,1-5H3,(H,28,30)(H,26,27,29)/b11-8+. The number of nitrogens with zero attached hydrogens (tertiary/aromatic N) is 2. The molecule has 0 fully saturated rings. The Kier molecular flexibility index (Phi) is 7.65. The number of methoxy groups -OCH3 is 2. The Balaban J connectivity index is 1.71. The summed E-state index contributed by atoms with van der Waals surface area (Å²) in [5.74, 6) is 2.35. The smallest absolute Gasteiger partial charge is 0.244 e. The van der Waals surface area contributed by atoms with E-state index in [1.165, 1.54) is 6.33 Å². The third-order valence-corrected chi connectivity index (χ3v) is 4.95. The fourth-order valence-corrected chi connectivity index (χ4v) is 3.53. The Hall–Kier alpha value is -3.61. The van der Waals surface area contributed by atoms with Crippen LogP contribution in [0.5, 0.6) is 11.5 Å². The van der Waals surface area contributed by atoms with Gasteiger partial charge in [-0.15, -0.1) is 0 Å². The number of rotatable bonds is 9. The molecule has 32 heavy (non-hydrogen) atoms. The zero-order valence-corrected chi connectivity index (χ0v) is 19.2. The maximum absolute atomic E-state index is 12.1. The van der Waals surface area contributed by atoms with Crippen molar-refractivity contribution in [1.29, 1.82) is 0 Å². The van der Waals surface area contributed by atoms with Crippen LogP contribution in [0, 0.1) is 5.92 Å². The number of aromatic nitrogens is 2. The molecular formula is C25H30N4O3. The van der Waals surface area contributed by atoms with E-state index in [1.54, 1.807) is 26.4 Å². The number of anilines is 2. The van der Waals surface area contributed by atoms with Gasteiger partial charge in [0.2, 0.25) is 5.91 Å². The second kappa shape index (κ2) is 10.6. The Morgan fingerprint density at radius 1 is 1.03 bits per heavy atom. The summed E-state index contributed by atoms with van der Waals surface area (Å²) in [5, 5.41) is 7.13. The average Bonchev–Trinajstić information content (AvgIpc) is 2.77. The average molecular weight is 435 g/mol. The van der Waals surface area contributed by atoms with Crippen LogP contribution in [0.4, 0.5) is 11.5 Å². The second-order valence-electron chi connectivity index (χ2n) is 8.07. The lowest BCUT2D eigenvalue weighted by Crippen LogP contribution is -2.32. The highest BCUT2D eigenvalue weighted by molar-refractivity contribution is 5.93. The van der Waals surface area contributed by atoms with Crippen LogP contribution >= 0.6 is 0 Å². The topological polar surface area (TPSA) is 85.4 Å². The molecule has 0 saturated heterocycles. The lowest BCUT2D eigenvalue weighted by atomic mass is 10.1. The van der Waals surface area contributed by atoms with Crippen molar-refractivity contribution in [2.24, 2.45) is 5.92 Å². The fourth-order valence-electron chi connectivity index (χ4n) is 3.53. The highest BCUT2D eigenvalue weighted by Crippen LogP contribution is 2.34.